The lowest BCUT2D eigenvalue weighted by atomic mass is 10.00. The molecule has 1 aliphatic carbocycles. The molecule has 1 aromatic rings. The molecule has 0 aliphatic heterocycles. The largest absolute Gasteiger partial charge is 0.345 e. The van der Waals surface area contributed by atoms with Crippen LogP contribution >= 0.6 is 0 Å². The van der Waals surface area contributed by atoms with Gasteiger partial charge in [0.2, 0.25) is 5.91 Å². The minimum atomic E-state index is 0.0436. The van der Waals surface area contributed by atoms with Gasteiger partial charge in [-0.3, -0.25) is 4.79 Å². The zero-order valence-electron chi connectivity index (χ0n) is 12.2. The van der Waals surface area contributed by atoms with E-state index in [1.165, 1.54) is 0 Å². The Morgan fingerprint density at radius 3 is 2.74 bits per heavy atom. The van der Waals surface area contributed by atoms with E-state index >= 15 is 0 Å². The first-order valence-electron chi connectivity index (χ1n) is 7.23. The van der Waals surface area contributed by atoms with Gasteiger partial charge in [-0.25, -0.2) is 0 Å². The second kappa shape index (κ2) is 5.78. The summed E-state index contributed by atoms with van der Waals surface area (Å²) in [6, 6.07) is 2.55. The average molecular weight is 263 g/mol. The maximum atomic E-state index is 12.2. The third-order valence-electron chi connectivity index (χ3n) is 3.84. The number of likely N-dealkylation sites (N-methyl/N-ethyl adjacent to an activating group) is 1. The van der Waals surface area contributed by atoms with Gasteiger partial charge in [0, 0.05) is 31.0 Å². The van der Waals surface area contributed by atoms with Crippen molar-refractivity contribution in [3.63, 3.8) is 0 Å². The third-order valence-corrected chi connectivity index (χ3v) is 3.84. The van der Waals surface area contributed by atoms with Crippen LogP contribution in [0.2, 0.25) is 0 Å². The molecule has 1 amide bonds. The van der Waals surface area contributed by atoms with Crippen molar-refractivity contribution < 1.29 is 4.79 Å². The highest BCUT2D eigenvalue weighted by molar-refractivity contribution is 5.76. The molecule has 1 heterocycles. The van der Waals surface area contributed by atoms with E-state index in [9.17, 15) is 4.79 Å². The Bertz CT molecular complexity index is 434. The Morgan fingerprint density at radius 1 is 1.53 bits per heavy atom. The fourth-order valence-corrected chi connectivity index (χ4v) is 2.41. The summed E-state index contributed by atoms with van der Waals surface area (Å²) < 4.78 is 1.95. The lowest BCUT2D eigenvalue weighted by Crippen LogP contribution is -2.35. The molecule has 2 rings (SSSR count). The molecule has 0 spiro atoms. The standard InChI is InChI=1S/C15H25N3O/c1-4-18(13-5-6-13)14(19)10-17-8-7-12(9-17)15(16)11(2)3/h7-9,11,13,15H,4-6,10,16H2,1-3H3. The number of aromatic nitrogens is 1. The first-order chi connectivity index (χ1) is 9.02. The molecule has 1 aliphatic rings. The second-order valence-corrected chi connectivity index (χ2v) is 5.80. The van der Waals surface area contributed by atoms with E-state index in [0.717, 1.165) is 24.9 Å². The van der Waals surface area contributed by atoms with Gasteiger partial charge in [0.15, 0.2) is 0 Å². The molecule has 0 radical (unpaired) electrons. The van der Waals surface area contributed by atoms with Crippen molar-refractivity contribution >= 4 is 5.91 Å². The van der Waals surface area contributed by atoms with Crippen LogP contribution in [0.25, 0.3) is 0 Å². The summed E-state index contributed by atoms with van der Waals surface area (Å²) in [7, 11) is 0. The van der Waals surface area contributed by atoms with E-state index in [-0.39, 0.29) is 11.9 Å². The molecule has 4 nitrogen and oxygen atoms in total. The third kappa shape index (κ3) is 3.38. The molecule has 2 N–H and O–H groups in total. The minimum Gasteiger partial charge on any atom is -0.345 e. The zero-order valence-corrected chi connectivity index (χ0v) is 12.2. The van der Waals surface area contributed by atoms with Crippen LogP contribution in [0.5, 0.6) is 0 Å². The molecule has 106 valence electrons. The summed E-state index contributed by atoms with van der Waals surface area (Å²) in [6.45, 7) is 7.50. The lowest BCUT2D eigenvalue weighted by Gasteiger charge is -2.20. The van der Waals surface area contributed by atoms with Gasteiger partial charge in [0.05, 0.1) is 0 Å². The van der Waals surface area contributed by atoms with E-state index in [2.05, 4.69) is 13.8 Å². The fraction of sp³-hybridized carbons (Fsp3) is 0.667. The number of carbonyl (C=O) groups is 1. The summed E-state index contributed by atoms with van der Waals surface area (Å²) >= 11 is 0. The van der Waals surface area contributed by atoms with Crippen LogP contribution in [0.4, 0.5) is 0 Å². The van der Waals surface area contributed by atoms with Gasteiger partial charge < -0.3 is 15.2 Å². The summed E-state index contributed by atoms with van der Waals surface area (Å²) in [5.41, 5.74) is 7.23. The molecular weight excluding hydrogens is 238 g/mol. The quantitative estimate of drug-likeness (QED) is 0.855. The highest BCUT2D eigenvalue weighted by Gasteiger charge is 2.31. The van der Waals surface area contributed by atoms with Crippen molar-refractivity contribution in [1.82, 2.24) is 9.47 Å². The molecule has 1 fully saturated rings. The smallest absolute Gasteiger partial charge is 0.242 e. The number of carbonyl (C=O) groups excluding carboxylic acids is 1. The van der Waals surface area contributed by atoms with Crippen LogP contribution in [0.1, 0.15) is 45.2 Å². The molecule has 19 heavy (non-hydrogen) atoms. The van der Waals surface area contributed by atoms with Gasteiger partial charge in [-0.15, -0.1) is 0 Å². The molecule has 1 aromatic heterocycles. The van der Waals surface area contributed by atoms with Crippen molar-refractivity contribution in [3.05, 3.63) is 24.0 Å². The monoisotopic (exact) mass is 263 g/mol. The van der Waals surface area contributed by atoms with Gasteiger partial charge in [-0.1, -0.05) is 13.8 Å². The minimum absolute atomic E-state index is 0.0436. The number of hydrogen-bond donors (Lipinski definition) is 1. The first kappa shape index (κ1) is 14.1. The van der Waals surface area contributed by atoms with Crippen LogP contribution < -0.4 is 5.73 Å². The highest BCUT2D eigenvalue weighted by atomic mass is 16.2. The van der Waals surface area contributed by atoms with Crippen LogP contribution in [0.3, 0.4) is 0 Å². The van der Waals surface area contributed by atoms with Crippen LogP contribution in [-0.2, 0) is 11.3 Å². The Hall–Kier alpha value is -1.29. The SMILES string of the molecule is CCN(C(=O)Cn1ccc(C(N)C(C)C)c1)C1CC1. The molecular formula is C15H25N3O. The Morgan fingerprint density at radius 2 is 2.21 bits per heavy atom. The van der Waals surface area contributed by atoms with Gasteiger partial charge in [-0.2, -0.15) is 0 Å². The molecule has 4 heteroatoms. The number of nitrogens with zero attached hydrogens (tertiary/aromatic N) is 2. The van der Waals surface area contributed by atoms with Crippen molar-refractivity contribution in [3.8, 4) is 0 Å². The molecule has 1 atom stereocenters. The van der Waals surface area contributed by atoms with Gasteiger partial charge in [0.25, 0.3) is 0 Å². The van der Waals surface area contributed by atoms with Crippen LogP contribution in [-0.4, -0.2) is 28.0 Å². The second-order valence-electron chi connectivity index (χ2n) is 5.80. The van der Waals surface area contributed by atoms with Crippen LogP contribution in [0, 0.1) is 5.92 Å². The topological polar surface area (TPSA) is 51.3 Å². The fourth-order valence-electron chi connectivity index (χ4n) is 2.41. The van der Waals surface area contributed by atoms with Crippen molar-refractivity contribution in [2.75, 3.05) is 6.54 Å². The summed E-state index contributed by atoms with van der Waals surface area (Å²) in [6.07, 6.45) is 6.28. The summed E-state index contributed by atoms with van der Waals surface area (Å²) in [5, 5.41) is 0. The normalized spacial score (nSPS) is 16.7. The highest BCUT2D eigenvalue weighted by Crippen LogP contribution is 2.27. The first-order valence-corrected chi connectivity index (χ1v) is 7.23. The Balaban J connectivity index is 1.97. The van der Waals surface area contributed by atoms with Crippen molar-refractivity contribution in [2.45, 2.75) is 52.2 Å². The maximum absolute atomic E-state index is 12.2. The number of hydrogen-bond acceptors (Lipinski definition) is 2. The average Bonchev–Trinajstić information content (AvgIpc) is 3.08. The zero-order chi connectivity index (χ0) is 14.0. The molecule has 1 unspecified atom stereocenters. The molecule has 0 bridgehead atoms. The van der Waals surface area contributed by atoms with Crippen LogP contribution in [0.15, 0.2) is 18.5 Å². The summed E-state index contributed by atoms with van der Waals surface area (Å²) in [5.74, 6) is 0.621. The van der Waals surface area contributed by atoms with E-state index in [0.29, 0.717) is 18.5 Å². The Labute approximate surface area is 115 Å². The molecule has 1 saturated carbocycles. The van der Waals surface area contributed by atoms with E-state index in [1.54, 1.807) is 0 Å². The van der Waals surface area contributed by atoms with Crippen molar-refractivity contribution in [1.29, 1.82) is 0 Å². The summed E-state index contributed by atoms with van der Waals surface area (Å²) in [4.78, 5) is 14.2. The van der Waals surface area contributed by atoms with Gasteiger partial charge >= 0.3 is 0 Å². The van der Waals surface area contributed by atoms with E-state index in [4.69, 9.17) is 5.73 Å². The predicted octanol–water partition coefficient (Wildman–Crippen LogP) is 2.15. The van der Waals surface area contributed by atoms with E-state index in [1.807, 2.05) is 34.9 Å². The number of nitrogens with two attached hydrogens (primary N) is 1. The lowest BCUT2D eigenvalue weighted by molar-refractivity contribution is -0.132. The maximum Gasteiger partial charge on any atom is 0.242 e. The van der Waals surface area contributed by atoms with Gasteiger partial charge in [-0.05, 0) is 37.3 Å². The van der Waals surface area contributed by atoms with Crippen molar-refractivity contribution in [2.24, 2.45) is 11.7 Å². The molecule has 0 saturated heterocycles. The van der Waals surface area contributed by atoms with E-state index < -0.39 is 0 Å². The van der Waals surface area contributed by atoms with Gasteiger partial charge in [0.1, 0.15) is 6.54 Å². The Kier molecular flexibility index (Phi) is 4.30. The number of rotatable bonds is 6. The number of amides is 1. The molecule has 0 aromatic carbocycles. The predicted molar refractivity (Wildman–Crippen MR) is 76.6 cm³/mol.